The molecule has 2 rings (SSSR count). The molecule has 1 aromatic carbocycles. The third-order valence-electron chi connectivity index (χ3n) is 3.82. The van der Waals surface area contributed by atoms with Crippen LogP contribution in [0.1, 0.15) is 42.4 Å². The van der Waals surface area contributed by atoms with Crippen molar-refractivity contribution in [2.45, 2.75) is 51.2 Å². The molecule has 0 heterocycles. The molecule has 0 amide bonds. The maximum Gasteiger partial charge on any atom is 0.137 e. The van der Waals surface area contributed by atoms with Gasteiger partial charge in [0.15, 0.2) is 0 Å². The summed E-state index contributed by atoms with van der Waals surface area (Å²) in [5, 5.41) is 0. The lowest BCUT2D eigenvalue weighted by molar-refractivity contribution is 0.0940. The van der Waals surface area contributed by atoms with E-state index in [1.54, 1.807) is 0 Å². The zero-order valence-corrected chi connectivity index (χ0v) is 10.1. The zero-order chi connectivity index (χ0) is 11.8. The van der Waals surface area contributed by atoms with E-state index in [1.807, 2.05) is 32.0 Å². The van der Waals surface area contributed by atoms with Crippen molar-refractivity contribution in [3.8, 4) is 0 Å². The average molecular weight is 221 g/mol. The lowest BCUT2D eigenvalue weighted by Gasteiger charge is -2.34. The third-order valence-corrected chi connectivity index (χ3v) is 3.82. The summed E-state index contributed by atoms with van der Waals surface area (Å²) < 4.78 is 14.9. The highest BCUT2D eigenvalue weighted by atomic mass is 19.1. The number of nitrogens with two attached hydrogens (primary N) is 1. The molecule has 16 heavy (non-hydrogen) atoms. The lowest BCUT2D eigenvalue weighted by atomic mass is 9.77. The Kier molecular flexibility index (Phi) is 3.02. The molecule has 1 fully saturated rings. The van der Waals surface area contributed by atoms with Crippen LogP contribution < -0.4 is 5.73 Å². The summed E-state index contributed by atoms with van der Waals surface area (Å²) in [6, 6.07) is 5.91. The van der Waals surface area contributed by atoms with Crippen molar-refractivity contribution < 1.29 is 4.39 Å². The van der Waals surface area contributed by atoms with Crippen molar-refractivity contribution >= 4 is 0 Å². The number of hydrogen-bond acceptors (Lipinski definition) is 1. The van der Waals surface area contributed by atoms with Crippen molar-refractivity contribution in [2.24, 2.45) is 5.73 Å². The van der Waals surface area contributed by atoms with E-state index in [0.29, 0.717) is 12.8 Å². The molecule has 1 aromatic rings. The summed E-state index contributed by atoms with van der Waals surface area (Å²) in [4.78, 5) is 0. The van der Waals surface area contributed by atoms with Gasteiger partial charge in [-0.2, -0.15) is 0 Å². The first-order valence-electron chi connectivity index (χ1n) is 6.04. The van der Waals surface area contributed by atoms with Crippen LogP contribution in [0.25, 0.3) is 0 Å². The summed E-state index contributed by atoms with van der Waals surface area (Å²) in [5.74, 6) is 0. The van der Waals surface area contributed by atoms with E-state index in [1.165, 1.54) is 0 Å². The van der Waals surface area contributed by atoms with Crippen LogP contribution >= 0.6 is 0 Å². The van der Waals surface area contributed by atoms with Gasteiger partial charge >= 0.3 is 0 Å². The molecular weight excluding hydrogens is 201 g/mol. The average Bonchev–Trinajstić information content (AvgIpc) is 2.21. The van der Waals surface area contributed by atoms with Gasteiger partial charge in [0.2, 0.25) is 0 Å². The molecule has 0 saturated heterocycles. The quantitative estimate of drug-likeness (QED) is 0.773. The van der Waals surface area contributed by atoms with E-state index in [4.69, 9.17) is 5.73 Å². The highest BCUT2D eigenvalue weighted by Crippen LogP contribution is 2.42. The molecule has 0 bridgehead atoms. The second-order valence-corrected chi connectivity index (χ2v) is 5.07. The monoisotopic (exact) mass is 221 g/mol. The Morgan fingerprint density at radius 1 is 1.38 bits per heavy atom. The topological polar surface area (TPSA) is 26.0 Å². The molecule has 2 N–H and O–H groups in total. The van der Waals surface area contributed by atoms with Crippen molar-refractivity contribution in [3.05, 3.63) is 34.9 Å². The Hall–Kier alpha value is -0.890. The minimum atomic E-state index is -1.20. The Balaban J connectivity index is 2.38. The molecule has 0 aliphatic heterocycles. The normalized spacial score (nSPS) is 30.4. The molecule has 0 radical (unpaired) electrons. The standard InChI is InChI=1S/C14H20FN/c1-10-5-3-7-13(11(10)2)14(15)8-4-6-12(16)9-14/h3,5,7,12H,4,6,8-9,16H2,1-2H3. The van der Waals surface area contributed by atoms with Gasteiger partial charge in [0.1, 0.15) is 5.67 Å². The van der Waals surface area contributed by atoms with Gasteiger partial charge in [0.25, 0.3) is 0 Å². The van der Waals surface area contributed by atoms with Gasteiger partial charge in [-0.3, -0.25) is 0 Å². The summed E-state index contributed by atoms with van der Waals surface area (Å²) in [6.07, 6.45) is 2.93. The van der Waals surface area contributed by atoms with E-state index in [2.05, 4.69) is 0 Å². The predicted octanol–water partition coefficient (Wildman–Crippen LogP) is 3.37. The van der Waals surface area contributed by atoms with E-state index in [9.17, 15) is 4.39 Å². The Morgan fingerprint density at radius 2 is 2.12 bits per heavy atom. The molecule has 1 aliphatic rings. The molecule has 0 spiro atoms. The summed E-state index contributed by atoms with van der Waals surface area (Å²) >= 11 is 0. The van der Waals surface area contributed by atoms with Gasteiger partial charge in [-0.05, 0) is 49.8 Å². The maximum absolute atomic E-state index is 14.9. The van der Waals surface area contributed by atoms with Crippen LogP contribution in [0.4, 0.5) is 4.39 Å². The Bertz CT molecular complexity index is 388. The number of rotatable bonds is 1. The molecule has 1 aliphatic carbocycles. The first-order valence-corrected chi connectivity index (χ1v) is 6.04. The summed E-state index contributed by atoms with van der Waals surface area (Å²) in [7, 11) is 0. The van der Waals surface area contributed by atoms with Gasteiger partial charge in [-0.25, -0.2) is 4.39 Å². The molecule has 2 unspecified atom stereocenters. The van der Waals surface area contributed by atoms with Crippen molar-refractivity contribution in [1.82, 2.24) is 0 Å². The van der Waals surface area contributed by atoms with Gasteiger partial charge in [0.05, 0.1) is 0 Å². The second kappa shape index (κ2) is 4.17. The fraction of sp³-hybridized carbons (Fsp3) is 0.571. The molecule has 2 atom stereocenters. The van der Waals surface area contributed by atoms with Crippen molar-refractivity contribution in [2.75, 3.05) is 0 Å². The van der Waals surface area contributed by atoms with Crippen LogP contribution in [0.3, 0.4) is 0 Å². The van der Waals surface area contributed by atoms with Gasteiger partial charge in [0, 0.05) is 12.5 Å². The van der Waals surface area contributed by atoms with Crippen LogP contribution in [0.2, 0.25) is 0 Å². The van der Waals surface area contributed by atoms with Crippen molar-refractivity contribution in [1.29, 1.82) is 0 Å². The number of alkyl halides is 1. The molecule has 2 heteroatoms. The molecule has 0 aromatic heterocycles. The second-order valence-electron chi connectivity index (χ2n) is 5.07. The van der Waals surface area contributed by atoms with Crippen LogP contribution in [0.5, 0.6) is 0 Å². The van der Waals surface area contributed by atoms with Crippen LogP contribution in [-0.4, -0.2) is 6.04 Å². The number of halogens is 1. The van der Waals surface area contributed by atoms with Gasteiger partial charge in [-0.1, -0.05) is 18.2 Å². The lowest BCUT2D eigenvalue weighted by Crippen LogP contribution is -2.36. The maximum atomic E-state index is 14.9. The summed E-state index contributed by atoms with van der Waals surface area (Å²) in [5.41, 5.74) is 7.79. The van der Waals surface area contributed by atoms with Crippen molar-refractivity contribution in [3.63, 3.8) is 0 Å². The molecule has 1 saturated carbocycles. The fourth-order valence-electron chi connectivity index (χ4n) is 2.75. The number of benzene rings is 1. The van der Waals surface area contributed by atoms with Gasteiger partial charge in [-0.15, -0.1) is 0 Å². The van der Waals surface area contributed by atoms with Crippen LogP contribution in [-0.2, 0) is 5.67 Å². The number of aryl methyl sites for hydroxylation is 1. The largest absolute Gasteiger partial charge is 0.328 e. The van der Waals surface area contributed by atoms with E-state index in [-0.39, 0.29) is 6.04 Å². The fourth-order valence-corrected chi connectivity index (χ4v) is 2.75. The first-order chi connectivity index (χ1) is 7.53. The van der Waals surface area contributed by atoms with Crippen LogP contribution in [0, 0.1) is 13.8 Å². The molecule has 88 valence electrons. The molecular formula is C14H20FN. The molecule has 1 nitrogen and oxygen atoms in total. The summed E-state index contributed by atoms with van der Waals surface area (Å²) in [6.45, 7) is 4.04. The first kappa shape index (κ1) is 11.6. The van der Waals surface area contributed by atoms with E-state index >= 15 is 0 Å². The zero-order valence-electron chi connectivity index (χ0n) is 10.1. The highest BCUT2D eigenvalue weighted by Gasteiger charge is 2.37. The number of hydrogen-bond donors (Lipinski definition) is 1. The predicted molar refractivity (Wildman–Crippen MR) is 65.1 cm³/mol. The SMILES string of the molecule is Cc1cccc(C2(F)CCCC(N)C2)c1C. The van der Waals surface area contributed by atoms with E-state index < -0.39 is 5.67 Å². The minimum absolute atomic E-state index is 0.0127. The third kappa shape index (κ3) is 1.99. The van der Waals surface area contributed by atoms with E-state index in [0.717, 1.165) is 29.5 Å². The Labute approximate surface area is 96.9 Å². The highest BCUT2D eigenvalue weighted by molar-refractivity contribution is 5.37. The minimum Gasteiger partial charge on any atom is -0.328 e. The van der Waals surface area contributed by atoms with Crippen LogP contribution in [0.15, 0.2) is 18.2 Å². The van der Waals surface area contributed by atoms with Gasteiger partial charge < -0.3 is 5.73 Å². The smallest absolute Gasteiger partial charge is 0.137 e. The Morgan fingerprint density at radius 3 is 2.81 bits per heavy atom.